The molecule has 0 saturated carbocycles. The van der Waals surface area contributed by atoms with E-state index in [2.05, 4.69) is 0 Å². The largest absolute Gasteiger partial charge is 0.740 e. The average molecular weight is 200 g/mol. The topological polar surface area (TPSA) is 86.3 Å². The molecule has 0 spiro atoms. The molecule has 0 aliphatic rings. The molecule has 1 aromatic rings. The summed E-state index contributed by atoms with van der Waals surface area (Å²) in [5, 5.41) is 0.400. The van der Waals surface area contributed by atoms with Crippen molar-refractivity contribution in [1.29, 1.82) is 0 Å². The van der Waals surface area contributed by atoms with Gasteiger partial charge in [-0.15, -0.1) is 0 Å². The van der Waals surface area contributed by atoms with Gasteiger partial charge >= 0.3 is 5.24 Å². The van der Waals surface area contributed by atoms with Crippen molar-refractivity contribution in [1.82, 2.24) is 0 Å². The van der Waals surface area contributed by atoms with Crippen LogP contribution >= 0.6 is 0 Å². The molecule has 1 amide bonds. The van der Waals surface area contributed by atoms with Crippen molar-refractivity contribution in [3.05, 3.63) is 30.3 Å². The third-order valence-electron chi connectivity index (χ3n) is 1.25. The Kier molecular flexibility index (Phi) is 2.64. The Balaban J connectivity index is 2.78. The smallest absolute Gasteiger partial charge is 0.328 e. The lowest BCUT2D eigenvalue weighted by Crippen LogP contribution is -2.20. The molecule has 0 aliphatic heterocycles. The molecule has 0 radical (unpaired) electrons. The van der Waals surface area contributed by atoms with Crippen LogP contribution in [0.2, 0.25) is 0 Å². The highest BCUT2D eigenvalue weighted by Gasteiger charge is 2.08. The van der Waals surface area contributed by atoms with Crippen molar-refractivity contribution >= 4 is 21.0 Å². The second kappa shape index (κ2) is 3.55. The normalized spacial score (nSPS) is 10.8. The van der Waals surface area contributed by atoms with Crippen molar-refractivity contribution in [3.8, 4) is 0 Å². The van der Waals surface area contributed by atoms with Crippen LogP contribution in [0.5, 0.6) is 0 Å². The summed E-state index contributed by atoms with van der Waals surface area (Å²) in [6.45, 7) is 0. The zero-order valence-corrected chi connectivity index (χ0v) is 7.24. The molecule has 0 aromatic heterocycles. The van der Waals surface area contributed by atoms with Gasteiger partial charge in [-0.1, -0.05) is 18.2 Å². The van der Waals surface area contributed by atoms with E-state index >= 15 is 0 Å². The summed E-state index contributed by atoms with van der Waals surface area (Å²) in [6, 6.07) is 7.85. The first-order valence-corrected chi connectivity index (χ1v) is 4.73. The summed E-state index contributed by atoms with van der Waals surface area (Å²) in [6.07, 6.45) is 0. The van der Waals surface area contributed by atoms with Crippen molar-refractivity contribution in [2.75, 3.05) is 5.32 Å². The van der Waals surface area contributed by atoms with Crippen LogP contribution in [0.3, 0.4) is 0 Å². The van der Waals surface area contributed by atoms with Gasteiger partial charge in [0, 0.05) is 5.69 Å². The molecule has 13 heavy (non-hydrogen) atoms. The molecule has 0 bridgehead atoms. The monoisotopic (exact) mass is 200 g/mol. The highest BCUT2D eigenvalue weighted by atomic mass is 32.2. The van der Waals surface area contributed by atoms with Gasteiger partial charge < -0.3 is 9.87 Å². The molecule has 0 fully saturated rings. The first-order valence-electron chi connectivity index (χ1n) is 3.32. The molecule has 6 heteroatoms. The molecule has 0 saturated heterocycles. The maximum absolute atomic E-state index is 10.6. The maximum Gasteiger partial charge on any atom is 0.328 e. The molecule has 5 nitrogen and oxygen atoms in total. The lowest BCUT2D eigenvalue weighted by atomic mass is 10.3. The number of benzene rings is 1. The van der Waals surface area contributed by atoms with E-state index in [0.717, 1.165) is 0 Å². The summed E-state index contributed by atoms with van der Waals surface area (Å²) < 4.78 is 30.5. The highest BCUT2D eigenvalue weighted by molar-refractivity contribution is 8.01. The van der Waals surface area contributed by atoms with Crippen LogP contribution in [-0.4, -0.2) is 18.2 Å². The summed E-state index contributed by atoms with van der Waals surface area (Å²) >= 11 is 0. The predicted octanol–water partition coefficient (Wildman–Crippen LogP) is 0.764. The van der Waals surface area contributed by atoms with Crippen molar-refractivity contribution in [2.24, 2.45) is 0 Å². The Labute approximate surface area is 75.1 Å². The van der Waals surface area contributed by atoms with Gasteiger partial charge in [-0.25, -0.2) is 8.42 Å². The number of hydrogen-bond acceptors (Lipinski definition) is 4. The minimum Gasteiger partial charge on any atom is -0.740 e. The first kappa shape index (κ1) is 9.69. The Morgan fingerprint density at radius 3 is 2.23 bits per heavy atom. The van der Waals surface area contributed by atoms with Gasteiger partial charge in [-0.05, 0) is 12.1 Å². The Hall–Kier alpha value is -1.40. The summed E-state index contributed by atoms with van der Waals surface area (Å²) in [7, 11) is -4.90. The van der Waals surface area contributed by atoms with Crippen LogP contribution in [0.1, 0.15) is 0 Å². The standard InChI is InChI=1S/C7H7NO4S/c9-7(13(10,11)12)8-6-4-2-1-3-5-6/h1-5H,(H,8,9)(H,10,11,12)/p-1. The number of carbonyl (C=O) groups is 1. The van der Waals surface area contributed by atoms with E-state index < -0.39 is 15.4 Å². The SMILES string of the molecule is O=C(Nc1ccccc1)S(=O)(=O)[O-]. The van der Waals surface area contributed by atoms with Crippen molar-refractivity contribution < 1.29 is 17.8 Å². The first-order chi connectivity index (χ1) is 6.00. The molecular weight excluding hydrogens is 194 g/mol. The minimum absolute atomic E-state index is 0.270. The fraction of sp³-hybridized carbons (Fsp3) is 0. The Bertz CT molecular complexity index is 398. The molecule has 1 rings (SSSR count). The van der Waals surface area contributed by atoms with Gasteiger partial charge in [0.15, 0.2) is 10.1 Å². The summed E-state index contributed by atoms with van der Waals surface area (Å²) in [5.74, 6) is 0. The zero-order chi connectivity index (χ0) is 9.90. The average Bonchev–Trinajstić information content (AvgIpc) is 2.04. The van der Waals surface area contributed by atoms with E-state index in [1.54, 1.807) is 18.2 Å². The van der Waals surface area contributed by atoms with Crippen LogP contribution in [0.4, 0.5) is 10.5 Å². The van der Waals surface area contributed by atoms with E-state index in [4.69, 9.17) is 0 Å². The van der Waals surface area contributed by atoms with Crippen LogP contribution < -0.4 is 5.32 Å². The highest BCUT2D eigenvalue weighted by Crippen LogP contribution is 2.05. The maximum atomic E-state index is 10.6. The number of anilines is 1. The minimum atomic E-state index is -4.90. The summed E-state index contributed by atoms with van der Waals surface area (Å²) in [4.78, 5) is 10.6. The van der Waals surface area contributed by atoms with Gasteiger partial charge in [-0.3, -0.25) is 4.79 Å². The molecule has 0 atom stereocenters. The zero-order valence-electron chi connectivity index (χ0n) is 6.43. The van der Waals surface area contributed by atoms with E-state index in [9.17, 15) is 17.8 Å². The quantitative estimate of drug-likeness (QED) is 0.678. The molecule has 0 aliphatic carbocycles. The predicted molar refractivity (Wildman–Crippen MR) is 45.2 cm³/mol. The van der Waals surface area contributed by atoms with Crippen LogP contribution in [0.25, 0.3) is 0 Å². The summed E-state index contributed by atoms with van der Waals surface area (Å²) in [5.41, 5.74) is 0.270. The van der Waals surface area contributed by atoms with Gasteiger partial charge in [-0.2, -0.15) is 0 Å². The molecule has 1 aromatic carbocycles. The van der Waals surface area contributed by atoms with Crippen LogP contribution in [-0.2, 0) is 10.1 Å². The number of carbonyl (C=O) groups excluding carboxylic acids is 1. The number of para-hydroxylation sites is 1. The third-order valence-corrected chi connectivity index (χ3v) is 1.80. The van der Waals surface area contributed by atoms with Crippen molar-refractivity contribution in [3.63, 3.8) is 0 Å². The van der Waals surface area contributed by atoms with Gasteiger partial charge in [0.05, 0.1) is 0 Å². The fourth-order valence-corrected chi connectivity index (χ4v) is 0.945. The van der Waals surface area contributed by atoms with Gasteiger partial charge in [0.2, 0.25) is 0 Å². The third kappa shape index (κ3) is 2.85. The van der Waals surface area contributed by atoms with Gasteiger partial charge in [0.25, 0.3) is 0 Å². The lowest BCUT2D eigenvalue weighted by Gasteiger charge is -2.06. The Morgan fingerprint density at radius 2 is 1.77 bits per heavy atom. The number of amides is 1. The van der Waals surface area contributed by atoms with E-state index in [0.29, 0.717) is 0 Å². The molecular formula is C7H6NO4S-. The van der Waals surface area contributed by atoms with Crippen LogP contribution in [0.15, 0.2) is 30.3 Å². The second-order valence-corrected chi connectivity index (χ2v) is 3.51. The Morgan fingerprint density at radius 1 is 1.23 bits per heavy atom. The molecule has 0 heterocycles. The van der Waals surface area contributed by atoms with E-state index in [1.807, 2.05) is 5.32 Å². The molecule has 0 unspecified atom stereocenters. The molecule has 70 valence electrons. The van der Waals surface area contributed by atoms with E-state index in [-0.39, 0.29) is 5.69 Å². The second-order valence-electron chi connectivity index (χ2n) is 2.23. The lowest BCUT2D eigenvalue weighted by molar-refractivity contribution is 0.264. The van der Waals surface area contributed by atoms with Crippen molar-refractivity contribution in [2.45, 2.75) is 0 Å². The molecule has 1 N–H and O–H groups in total. The van der Waals surface area contributed by atoms with Gasteiger partial charge in [0.1, 0.15) is 0 Å². The number of rotatable bonds is 1. The fourth-order valence-electron chi connectivity index (χ4n) is 0.702. The van der Waals surface area contributed by atoms with Crippen LogP contribution in [0, 0.1) is 0 Å². The number of hydrogen-bond donors (Lipinski definition) is 1. The number of nitrogens with one attached hydrogen (secondary N) is 1. The van der Waals surface area contributed by atoms with E-state index in [1.165, 1.54) is 12.1 Å².